The number of rotatable bonds is 1. The van der Waals surface area contributed by atoms with Crippen molar-refractivity contribution in [1.82, 2.24) is 0 Å². The van der Waals surface area contributed by atoms with Gasteiger partial charge in [0.15, 0.2) is 0 Å². The van der Waals surface area contributed by atoms with Crippen LogP contribution in [0.25, 0.3) is 0 Å². The van der Waals surface area contributed by atoms with Crippen molar-refractivity contribution in [3.8, 4) is 0 Å². The zero-order valence-electron chi connectivity index (χ0n) is 9.67. The number of aryl methyl sites for hydroxylation is 1. The van der Waals surface area contributed by atoms with Crippen LogP contribution in [0.3, 0.4) is 0 Å². The first kappa shape index (κ1) is 14.8. The first-order valence-electron chi connectivity index (χ1n) is 5.10. The molecule has 13 heavy (non-hydrogen) atoms. The fourth-order valence-electron chi connectivity index (χ4n) is 0.534. The van der Waals surface area contributed by atoms with Crippen LogP contribution in [0.1, 0.15) is 26.3 Å². The van der Waals surface area contributed by atoms with Gasteiger partial charge in [0, 0.05) is 0 Å². The largest absolute Gasteiger partial charge is 0.105 e. The van der Waals surface area contributed by atoms with Gasteiger partial charge in [0.25, 0.3) is 0 Å². The highest BCUT2D eigenvalue weighted by Crippen LogP contribution is 1.92. The van der Waals surface area contributed by atoms with E-state index in [1.54, 1.807) is 0 Å². The quantitative estimate of drug-likeness (QED) is 0.564. The standard InChI is InChI=1S/C7H8.C3H8B.C2H6/c1-7-5-3-2-4-6-7;1-3-4-2;1-2/h2-6H,1H3;3H2,1-2H3;1-2H3. The van der Waals surface area contributed by atoms with Crippen LogP contribution < -0.4 is 0 Å². The molecule has 0 N–H and O–H groups in total. The third-order valence-electron chi connectivity index (χ3n) is 1.35. The Morgan fingerprint density at radius 3 is 1.62 bits per heavy atom. The molecule has 0 fully saturated rings. The van der Waals surface area contributed by atoms with E-state index in [1.165, 1.54) is 11.9 Å². The number of benzene rings is 1. The lowest BCUT2D eigenvalue weighted by atomic mass is 9.79. The van der Waals surface area contributed by atoms with Crippen LogP contribution >= 0.6 is 0 Å². The van der Waals surface area contributed by atoms with Gasteiger partial charge in [0.1, 0.15) is 7.28 Å². The van der Waals surface area contributed by atoms with Crippen LogP contribution in [0, 0.1) is 6.92 Å². The first-order chi connectivity index (χ1) is 6.31. The maximum Gasteiger partial charge on any atom is 0.105 e. The van der Waals surface area contributed by atoms with Gasteiger partial charge < -0.3 is 0 Å². The van der Waals surface area contributed by atoms with Gasteiger partial charge in [-0.3, -0.25) is 0 Å². The Morgan fingerprint density at radius 1 is 1.08 bits per heavy atom. The van der Waals surface area contributed by atoms with Crippen LogP contribution in [-0.4, -0.2) is 7.28 Å². The van der Waals surface area contributed by atoms with Gasteiger partial charge in [-0.2, -0.15) is 0 Å². The van der Waals surface area contributed by atoms with Gasteiger partial charge in [-0.15, -0.1) is 0 Å². The van der Waals surface area contributed by atoms with Crippen molar-refractivity contribution in [2.75, 3.05) is 0 Å². The molecule has 1 aromatic rings. The topological polar surface area (TPSA) is 0 Å². The summed E-state index contributed by atoms with van der Waals surface area (Å²) in [4.78, 5) is 0. The average Bonchev–Trinajstić information content (AvgIpc) is 2.22. The Hall–Kier alpha value is -0.715. The summed E-state index contributed by atoms with van der Waals surface area (Å²) in [5, 5.41) is 0. The summed E-state index contributed by atoms with van der Waals surface area (Å²) in [6, 6.07) is 10.3. The Morgan fingerprint density at radius 2 is 1.46 bits per heavy atom. The third-order valence-corrected chi connectivity index (χ3v) is 1.35. The monoisotopic (exact) mass is 177 g/mol. The minimum atomic E-state index is 1.19. The van der Waals surface area contributed by atoms with E-state index in [1.807, 2.05) is 32.0 Å². The number of hydrogen-bond acceptors (Lipinski definition) is 0. The van der Waals surface area contributed by atoms with Crippen molar-refractivity contribution in [3.05, 3.63) is 35.9 Å². The van der Waals surface area contributed by atoms with Gasteiger partial charge in [0.2, 0.25) is 0 Å². The smallest absolute Gasteiger partial charge is 0.0920 e. The van der Waals surface area contributed by atoms with E-state index < -0.39 is 0 Å². The fraction of sp³-hybridized carbons (Fsp3) is 0.500. The second-order valence-electron chi connectivity index (χ2n) is 2.47. The molecule has 0 amide bonds. The first-order valence-corrected chi connectivity index (χ1v) is 5.10. The SMILES string of the molecule is CC.C[B]CC.Cc1ccccc1. The summed E-state index contributed by atoms with van der Waals surface area (Å²) in [6.45, 7) is 10.3. The minimum absolute atomic E-state index is 1.19. The van der Waals surface area contributed by atoms with Crippen LogP contribution in [0.4, 0.5) is 0 Å². The van der Waals surface area contributed by atoms with E-state index in [0.717, 1.165) is 0 Å². The highest BCUT2D eigenvalue weighted by Gasteiger charge is 1.72. The molecule has 0 aliphatic rings. The lowest BCUT2D eigenvalue weighted by molar-refractivity contribution is 1.45. The molecule has 0 saturated carbocycles. The molecule has 0 aromatic heterocycles. The second-order valence-corrected chi connectivity index (χ2v) is 2.47. The van der Waals surface area contributed by atoms with Crippen molar-refractivity contribution < 1.29 is 0 Å². The van der Waals surface area contributed by atoms with E-state index in [2.05, 4.69) is 40.1 Å². The minimum Gasteiger partial charge on any atom is -0.0920 e. The maximum absolute atomic E-state index is 2.12. The predicted octanol–water partition coefficient (Wildman–Crippen LogP) is 4.20. The van der Waals surface area contributed by atoms with Gasteiger partial charge in [-0.05, 0) is 6.92 Å². The molecule has 1 heteroatoms. The zero-order valence-corrected chi connectivity index (χ0v) is 9.67. The van der Waals surface area contributed by atoms with E-state index >= 15 is 0 Å². The molecule has 0 aliphatic carbocycles. The van der Waals surface area contributed by atoms with Crippen LogP contribution in [0.2, 0.25) is 13.1 Å². The molecule has 1 radical (unpaired) electrons. The molecule has 1 rings (SSSR count). The van der Waals surface area contributed by atoms with Gasteiger partial charge in [0.05, 0.1) is 0 Å². The zero-order chi connectivity index (χ0) is 10.5. The predicted molar refractivity (Wildman–Crippen MR) is 64.6 cm³/mol. The summed E-state index contributed by atoms with van der Waals surface area (Å²) in [5.74, 6) is 0. The fourth-order valence-corrected chi connectivity index (χ4v) is 0.534. The molecular weight excluding hydrogens is 155 g/mol. The van der Waals surface area contributed by atoms with Crippen molar-refractivity contribution >= 4 is 7.28 Å². The van der Waals surface area contributed by atoms with Gasteiger partial charge in [-0.25, -0.2) is 0 Å². The van der Waals surface area contributed by atoms with E-state index in [-0.39, 0.29) is 0 Å². The molecule has 0 saturated heterocycles. The Bertz CT molecular complexity index is 156. The third kappa shape index (κ3) is 14.2. The lowest BCUT2D eigenvalue weighted by Gasteiger charge is -1.82. The molecule has 0 spiro atoms. The van der Waals surface area contributed by atoms with Crippen LogP contribution in [0.15, 0.2) is 30.3 Å². The molecule has 73 valence electrons. The highest BCUT2D eigenvalue weighted by atomic mass is 13.8. The number of hydrogen-bond donors (Lipinski definition) is 0. The molecule has 1 aromatic carbocycles. The van der Waals surface area contributed by atoms with Gasteiger partial charge >= 0.3 is 0 Å². The molecule has 0 unspecified atom stereocenters. The van der Waals surface area contributed by atoms with Crippen molar-refractivity contribution in [1.29, 1.82) is 0 Å². The highest BCUT2D eigenvalue weighted by molar-refractivity contribution is 6.33. The molecule has 0 atom stereocenters. The van der Waals surface area contributed by atoms with Gasteiger partial charge in [-0.1, -0.05) is 69.8 Å². The normalized spacial score (nSPS) is 7.15. The Labute approximate surface area is 84.6 Å². The molecule has 0 bridgehead atoms. The van der Waals surface area contributed by atoms with Crippen molar-refractivity contribution in [2.45, 2.75) is 40.8 Å². The Balaban J connectivity index is 0. The molecule has 0 nitrogen and oxygen atoms in total. The summed E-state index contributed by atoms with van der Waals surface area (Å²) >= 11 is 0. The van der Waals surface area contributed by atoms with E-state index in [0.29, 0.717) is 0 Å². The van der Waals surface area contributed by atoms with E-state index in [9.17, 15) is 0 Å². The second kappa shape index (κ2) is 13.8. The maximum atomic E-state index is 2.12. The van der Waals surface area contributed by atoms with Crippen molar-refractivity contribution in [2.24, 2.45) is 0 Å². The van der Waals surface area contributed by atoms with Crippen LogP contribution in [-0.2, 0) is 0 Å². The Kier molecular flexibility index (Phi) is 15.8. The average molecular weight is 177 g/mol. The van der Waals surface area contributed by atoms with Crippen LogP contribution in [0.5, 0.6) is 0 Å². The molecule has 0 aliphatic heterocycles. The lowest BCUT2D eigenvalue weighted by Crippen LogP contribution is -1.67. The molecule has 0 heterocycles. The van der Waals surface area contributed by atoms with Crippen molar-refractivity contribution in [3.63, 3.8) is 0 Å². The summed E-state index contributed by atoms with van der Waals surface area (Å²) in [7, 11) is 2.12. The summed E-state index contributed by atoms with van der Waals surface area (Å²) in [5.41, 5.74) is 1.32. The summed E-state index contributed by atoms with van der Waals surface area (Å²) < 4.78 is 0. The summed E-state index contributed by atoms with van der Waals surface area (Å²) in [6.07, 6.45) is 1.19. The molecular formula is C12H22B. The van der Waals surface area contributed by atoms with E-state index in [4.69, 9.17) is 0 Å².